The minimum Gasteiger partial charge on any atom is -0.330 e. The third kappa shape index (κ3) is 5.80. The summed E-state index contributed by atoms with van der Waals surface area (Å²) in [5.74, 6) is 1.90. The van der Waals surface area contributed by atoms with Crippen molar-refractivity contribution in [3.8, 4) is 6.07 Å². The van der Waals surface area contributed by atoms with E-state index in [4.69, 9.17) is 11.0 Å². The van der Waals surface area contributed by atoms with Crippen LogP contribution >= 0.6 is 11.8 Å². The summed E-state index contributed by atoms with van der Waals surface area (Å²) in [7, 11) is 0. The fraction of sp³-hybridized carbons (Fsp3) is 0.800. The molecule has 8 heavy (non-hydrogen) atoms. The first kappa shape index (κ1) is 7.80. The fourth-order valence-corrected chi connectivity index (χ4v) is 0.910. The zero-order chi connectivity index (χ0) is 6.24. The largest absolute Gasteiger partial charge is 0.330 e. The van der Waals surface area contributed by atoms with Crippen molar-refractivity contribution in [3.63, 3.8) is 0 Å². The minimum atomic E-state index is 0.644. The van der Waals surface area contributed by atoms with Gasteiger partial charge in [-0.15, -0.1) is 0 Å². The molecule has 0 aromatic heterocycles. The highest BCUT2D eigenvalue weighted by Crippen LogP contribution is 1.98. The van der Waals surface area contributed by atoms with Crippen LogP contribution in [0.1, 0.15) is 6.42 Å². The number of nitrogens with zero attached hydrogens (tertiary/aromatic N) is 1. The van der Waals surface area contributed by atoms with Crippen molar-refractivity contribution in [1.29, 1.82) is 5.26 Å². The third-order valence-corrected chi connectivity index (χ3v) is 1.64. The van der Waals surface area contributed by atoms with Gasteiger partial charge >= 0.3 is 0 Å². The first-order chi connectivity index (χ1) is 3.91. The quantitative estimate of drug-likeness (QED) is 0.567. The number of hydrogen-bond acceptors (Lipinski definition) is 3. The molecular formula is C5H10N2S. The van der Waals surface area contributed by atoms with E-state index in [-0.39, 0.29) is 0 Å². The molecule has 0 aliphatic heterocycles. The molecule has 0 atom stereocenters. The monoisotopic (exact) mass is 130 g/mol. The van der Waals surface area contributed by atoms with Crippen LogP contribution in [0.5, 0.6) is 0 Å². The first-order valence-electron chi connectivity index (χ1n) is 2.56. The summed E-state index contributed by atoms with van der Waals surface area (Å²) in [5, 5.41) is 8.07. The van der Waals surface area contributed by atoms with Gasteiger partial charge in [0.2, 0.25) is 0 Å². The van der Waals surface area contributed by atoms with Crippen molar-refractivity contribution < 1.29 is 0 Å². The molecule has 0 radical (unpaired) electrons. The average Bonchev–Trinajstić information content (AvgIpc) is 1.81. The Kier molecular flexibility index (Phi) is 6.63. The molecule has 0 aliphatic carbocycles. The SMILES string of the molecule is N#CCCSCCN. The van der Waals surface area contributed by atoms with Gasteiger partial charge in [0.1, 0.15) is 0 Å². The lowest BCUT2D eigenvalue weighted by molar-refractivity contribution is 1.14. The Morgan fingerprint density at radius 3 is 2.75 bits per heavy atom. The normalized spacial score (nSPS) is 8.50. The molecule has 0 bridgehead atoms. The van der Waals surface area contributed by atoms with Crippen LogP contribution in [-0.4, -0.2) is 18.1 Å². The molecule has 3 heteroatoms. The van der Waals surface area contributed by atoms with Gasteiger partial charge in [0.25, 0.3) is 0 Å². The van der Waals surface area contributed by atoms with E-state index in [1.54, 1.807) is 11.8 Å². The van der Waals surface area contributed by atoms with Crippen LogP contribution in [0.3, 0.4) is 0 Å². The summed E-state index contributed by atoms with van der Waals surface area (Å²) < 4.78 is 0. The van der Waals surface area contributed by atoms with Gasteiger partial charge in [-0.3, -0.25) is 0 Å². The Balaban J connectivity index is 2.65. The van der Waals surface area contributed by atoms with E-state index >= 15 is 0 Å². The fourth-order valence-electron chi connectivity index (χ4n) is 0.303. The van der Waals surface area contributed by atoms with E-state index in [9.17, 15) is 0 Å². The molecule has 0 amide bonds. The molecule has 2 nitrogen and oxygen atoms in total. The molecule has 0 fully saturated rings. The molecule has 0 rings (SSSR count). The lowest BCUT2D eigenvalue weighted by Gasteiger charge is -1.90. The molecule has 2 N–H and O–H groups in total. The zero-order valence-corrected chi connectivity index (χ0v) is 5.58. The molecule has 0 spiro atoms. The number of thioether (sulfide) groups is 1. The Bertz CT molecular complexity index is 77.0. The maximum absolute atomic E-state index is 8.07. The van der Waals surface area contributed by atoms with Crippen molar-refractivity contribution in [2.24, 2.45) is 5.73 Å². The van der Waals surface area contributed by atoms with Gasteiger partial charge in [-0.2, -0.15) is 17.0 Å². The number of hydrogen-bond donors (Lipinski definition) is 1. The lowest BCUT2D eigenvalue weighted by atomic mass is 10.6. The highest BCUT2D eigenvalue weighted by molar-refractivity contribution is 7.99. The highest BCUT2D eigenvalue weighted by atomic mass is 32.2. The van der Waals surface area contributed by atoms with Crippen molar-refractivity contribution in [1.82, 2.24) is 0 Å². The Hall–Kier alpha value is -0.200. The topological polar surface area (TPSA) is 49.8 Å². The lowest BCUT2D eigenvalue weighted by Crippen LogP contribution is -2.01. The summed E-state index contributed by atoms with van der Waals surface area (Å²) in [6.07, 6.45) is 0.644. The van der Waals surface area contributed by atoms with Gasteiger partial charge in [-0.25, -0.2) is 0 Å². The van der Waals surface area contributed by atoms with Gasteiger partial charge in [0.05, 0.1) is 6.07 Å². The van der Waals surface area contributed by atoms with Gasteiger partial charge in [-0.1, -0.05) is 0 Å². The van der Waals surface area contributed by atoms with E-state index in [1.807, 2.05) is 0 Å². The second-order valence-corrected chi connectivity index (χ2v) is 2.53. The molecule has 0 unspecified atom stereocenters. The molecule has 0 aromatic carbocycles. The van der Waals surface area contributed by atoms with Crippen LogP contribution in [0.2, 0.25) is 0 Å². The number of nitriles is 1. The Morgan fingerprint density at radius 2 is 2.25 bits per heavy atom. The van der Waals surface area contributed by atoms with Crippen LogP contribution in [-0.2, 0) is 0 Å². The van der Waals surface area contributed by atoms with Crippen molar-refractivity contribution >= 4 is 11.8 Å². The van der Waals surface area contributed by atoms with Crippen LogP contribution in [0.15, 0.2) is 0 Å². The third-order valence-electron chi connectivity index (χ3n) is 0.620. The predicted molar refractivity (Wildman–Crippen MR) is 36.6 cm³/mol. The molecule has 46 valence electrons. The van der Waals surface area contributed by atoms with Gasteiger partial charge in [0, 0.05) is 24.5 Å². The van der Waals surface area contributed by atoms with Crippen molar-refractivity contribution in [3.05, 3.63) is 0 Å². The van der Waals surface area contributed by atoms with E-state index < -0.39 is 0 Å². The van der Waals surface area contributed by atoms with Crippen molar-refractivity contribution in [2.45, 2.75) is 6.42 Å². The number of rotatable bonds is 4. The average molecular weight is 130 g/mol. The molecule has 0 aliphatic rings. The van der Waals surface area contributed by atoms with Crippen LogP contribution < -0.4 is 5.73 Å². The van der Waals surface area contributed by atoms with E-state index in [0.717, 1.165) is 18.1 Å². The molecule has 0 saturated heterocycles. The van der Waals surface area contributed by atoms with Gasteiger partial charge in [-0.05, 0) is 0 Å². The summed E-state index contributed by atoms with van der Waals surface area (Å²) in [4.78, 5) is 0. The molecule has 0 saturated carbocycles. The van der Waals surface area contributed by atoms with Gasteiger partial charge in [0.15, 0.2) is 0 Å². The second kappa shape index (κ2) is 6.80. The van der Waals surface area contributed by atoms with E-state index in [2.05, 4.69) is 6.07 Å². The van der Waals surface area contributed by atoms with Gasteiger partial charge < -0.3 is 5.73 Å². The Morgan fingerprint density at radius 1 is 1.50 bits per heavy atom. The maximum Gasteiger partial charge on any atom is 0.0630 e. The molecular weight excluding hydrogens is 120 g/mol. The van der Waals surface area contributed by atoms with Crippen LogP contribution in [0.4, 0.5) is 0 Å². The second-order valence-electron chi connectivity index (χ2n) is 1.31. The van der Waals surface area contributed by atoms with E-state index in [1.165, 1.54) is 0 Å². The summed E-state index contributed by atoms with van der Waals surface area (Å²) in [6, 6.07) is 2.06. The predicted octanol–water partition coefficient (Wildman–Crippen LogP) is 0.592. The minimum absolute atomic E-state index is 0.644. The van der Waals surface area contributed by atoms with Crippen LogP contribution in [0, 0.1) is 11.3 Å². The smallest absolute Gasteiger partial charge is 0.0630 e. The maximum atomic E-state index is 8.07. The van der Waals surface area contributed by atoms with Crippen molar-refractivity contribution in [2.75, 3.05) is 18.1 Å². The molecule has 0 aromatic rings. The summed E-state index contributed by atoms with van der Waals surface area (Å²) in [6.45, 7) is 0.718. The standard InChI is InChI=1S/C5H10N2S/c6-2-1-4-8-5-3-7/h1,3-5,7H2. The first-order valence-corrected chi connectivity index (χ1v) is 3.72. The van der Waals surface area contributed by atoms with E-state index in [0.29, 0.717) is 6.42 Å². The van der Waals surface area contributed by atoms with Crippen LogP contribution in [0.25, 0.3) is 0 Å². The highest BCUT2D eigenvalue weighted by Gasteiger charge is 1.83. The Labute approximate surface area is 54.1 Å². The number of nitrogens with two attached hydrogens (primary N) is 1. The molecule has 0 heterocycles. The summed E-state index contributed by atoms with van der Waals surface area (Å²) in [5.41, 5.74) is 5.21. The summed E-state index contributed by atoms with van der Waals surface area (Å²) >= 11 is 1.73. The zero-order valence-electron chi connectivity index (χ0n) is 4.76.